The average Bonchev–Trinajstić information content (AvgIpc) is 3.11. The van der Waals surface area contributed by atoms with Gasteiger partial charge in [-0.05, 0) is 36.4 Å². The third-order valence-electron chi connectivity index (χ3n) is 8.34. The molecule has 0 aromatic carbocycles. The van der Waals surface area contributed by atoms with Gasteiger partial charge in [0, 0.05) is 19.3 Å². The Balaban J connectivity index is 1.92. The molecule has 0 amide bonds. The van der Waals surface area contributed by atoms with Crippen LogP contribution in [0.5, 0.6) is 0 Å². The van der Waals surface area contributed by atoms with Crippen molar-refractivity contribution in [1.82, 2.24) is 0 Å². The summed E-state index contributed by atoms with van der Waals surface area (Å²) in [6.07, 6.45) is 2.38. The van der Waals surface area contributed by atoms with Crippen LogP contribution in [0.2, 0.25) is 18.1 Å². The summed E-state index contributed by atoms with van der Waals surface area (Å²) in [5, 5.41) is 0. The van der Waals surface area contributed by atoms with Crippen LogP contribution in [0.1, 0.15) is 61.3 Å². The van der Waals surface area contributed by atoms with E-state index in [4.69, 9.17) is 18.6 Å². The lowest BCUT2D eigenvalue weighted by atomic mass is 9.64. The Labute approximate surface area is 210 Å². The number of hydrogen-bond donors (Lipinski definition) is 0. The van der Waals surface area contributed by atoms with Crippen LogP contribution in [0.3, 0.4) is 0 Å². The summed E-state index contributed by atoms with van der Waals surface area (Å²) in [6.45, 7) is 18.1. The molecule has 2 bridgehead atoms. The van der Waals surface area contributed by atoms with Crippen LogP contribution in [0.15, 0.2) is 24.0 Å². The number of fused-ring (bicyclic) bond motifs is 2. The van der Waals surface area contributed by atoms with Crippen LogP contribution in [0.25, 0.3) is 0 Å². The van der Waals surface area contributed by atoms with E-state index in [1.165, 1.54) is 6.92 Å². The quantitative estimate of drug-likeness (QED) is 0.160. The number of ether oxygens (including phenoxy) is 3. The highest BCUT2D eigenvalue weighted by atomic mass is 28.4. The lowest BCUT2D eigenvalue weighted by Gasteiger charge is -2.57. The summed E-state index contributed by atoms with van der Waals surface area (Å²) >= 11 is 0. The number of carbonyl (C=O) groups is 3. The van der Waals surface area contributed by atoms with E-state index >= 15 is 0 Å². The lowest BCUT2D eigenvalue weighted by Crippen LogP contribution is -2.65. The first-order valence-corrected chi connectivity index (χ1v) is 15.6. The Kier molecular flexibility index (Phi) is 8.36. The Morgan fingerprint density at radius 2 is 1.86 bits per heavy atom. The second-order valence-corrected chi connectivity index (χ2v) is 15.5. The molecule has 4 rings (SSSR count). The van der Waals surface area contributed by atoms with Gasteiger partial charge in [0.25, 0.3) is 0 Å². The van der Waals surface area contributed by atoms with Crippen LogP contribution in [0.4, 0.5) is 0 Å². The Morgan fingerprint density at radius 3 is 2.40 bits per heavy atom. The molecule has 7 nitrogen and oxygen atoms in total. The van der Waals surface area contributed by atoms with Crippen molar-refractivity contribution in [2.24, 2.45) is 23.7 Å². The van der Waals surface area contributed by atoms with Crippen molar-refractivity contribution in [2.75, 3.05) is 6.61 Å². The monoisotopic (exact) mass is 506 g/mol. The molecule has 3 fully saturated rings. The summed E-state index contributed by atoms with van der Waals surface area (Å²) in [4.78, 5) is 37.8. The molecule has 0 unspecified atom stereocenters. The molecular weight excluding hydrogens is 464 g/mol. The van der Waals surface area contributed by atoms with Gasteiger partial charge in [-0.1, -0.05) is 47.6 Å². The van der Waals surface area contributed by atoms with E-state index in [0.29, 0.717) is 18.6 Å². The fourth-order valence-electron chi connectivity index (χ4n) is 6.17. The molecule has 1 aliphatic carbocycles. The second-order valence-electron chi connectivity index (χ2n) is 10.7. The molecule has 196 valence electrons. The zero-order valence-electron chi connectivity index (χ0n) is 22.3. The molecule has 4 aliphatic rings. The van der Waals surface area contributed by atoms with E-state index in [9.17, 15) is 14.4 Å². The normalized spacial score (nSPS) is 31.3. The van der Waals surface area contributed by atoms with Gasteiger partial charge in [0.1, 0.15) is 11.7 Å². The first-order valence-electron chi connectivity index (χ1n) is 13.1. The second kappa shape index (κ2) is 10.6. The predicted molar refractivity (Wildman–Crippen MR) is 135 cm³/mol. The maximum absolute atomic E-state index is 13.5. The highest BCUT2D eigenvalue weighted by molar-refractivity contribution is 6.73. The number of hydrogen-bond acceptors (Lipinski definition) is 7. The van der Waals surface area contributed by atoms with Gasteiger partial charge >= 0.3 is 11.9 Å². The number of rotatable bonds is 12. The fourth-order valence-corrected chi connectivity index (χ4v) is 9.03. The van der Waals surface area contributed by atoms with E-state index in [-0.39, 0.29) is 53.9 Å². The minimum absolute atomic E-state index is 0.0208. The third kappa shape index (κ3) is 4.88. The van der Waals surface area contributed by atoms with Gasteiger partial charge in [-0.25, -0.2) is 4.79 Å². The molecule has 3 aliphatic heterocycles. The molecule has 1 saturated carbocycles. The fraction of sp³-hybridized carbons (Fsp3) is 0.741. The summed E-state index contributed by atoms with van der Waals surface area (Å²) in [6, 6.07) is 3.01. The average molecular weight is 507 g/mol. The van der Waals surface area contributed by atoms with E-state index in [1.54, 1.807) is 6.92 Å². The Morgan fingerprint density at radius 1 is 1.23 bits per heavy atom. The number of esters is 2. The zero-order chi connectivity index (χ0) is 26.1. The highest BCUT2D eigenvalue weighted by Crippen LogP contribution is 2.57. The SMILES string of the molecule is C=C[C@@H]1[C@@H](O[Si](CC)(CC)CC)[C@@H]2OC3=C(C(=O)[C@H](C)C[C@H](C)COC(C)=O)C(=O)O[C@@]31C[C@H]2C. The summed E-state index contributed by atoms with van der Waals surface area (Å²) < 4.78 is 24.5. The van der Waals surface area contributed by atoms with Gasteiger partial charge in [0.2, 0.25) is 0 Å². The third-order valence-corrected chi connectivity index (χ3v) is 13.0. The molecular formula is C27H42O7Si. The molecule has 0 aromatic rings. The molecule has 0 N–H and O–H groups in total. The molecule has 2 saturated heterocycles. The van der Waals surface area contributed by atoms with Gasteiger partial charge in [-0.3, -0.25) is 9.59 Å². The first-order chi connectivity index (χ1) is 16.5. The smallest absolute Gasteiger partial charge is 0.346 e. The summed E-state index contributed by atoms with van der Waals surface area (Å²) in [5.41, 5.74) is -1.01. The van der Waals surface area contributed by atoms with E-state index in [2.05, 4.69) is 34.3 Å². The van der Waals surface area contributed by atoms with Crippen LogP contribution in [-0.2, 0) is 33.0 Å². The molecule has 8 heteroatoms. The molecule has 35 heavy (non-hydrogen) atoms. The lowest BCUT2D eigenvalue weighted by molar-refractivity contribution is -0.217. The maximum atomic E-state index is 13.5. The van der Waals surface area contributed by atoms with Crippen molar-refractivity contribution in [3.8, 4) is 0 Å². The molecule has 0 aromatic heterocycles. The van der Waals surface area contributed by atoms with Crippen LogP contribution >= 0.6 is 0 Å². The molecule has 1 spiro atoms. The molecule has 7 atom stereocenters. The number of Topliss-reactive ketones (excluding diaryl/α,β-unsaturated/α-hetero) is 1. The van der Waals surface area contributed by atoms with Crippen LogP contribution in [0, 0.1) is 23.7 Å². The molecule has 0 radical (unpaired) electrons. The minimum Gasteiger partial charge on any atom is -0.486 e. The van der Waals surface area contributed by atoms with E-state index in [1.807, 2.05) is 13.0 Å². The van der Waals surface area contributed by atoms with Gasteiger partial charge in [0.15, 0.2) is 25.5 Å². The Bertz CT molecular complexity index is 884. The van der Waals surface area contributed by atoms with Crippen molar-refractivity contribution in [3.63, 3.8) is 0 Å². The number of carbonyl (C=O) groups excluding carboxylic acids is 3. The van der Waals surface area contributed by atoms with Gasteiger partial charge < -0.3 is 18.6 Å². The summed E-state index contributed by atoms with van der Waals surface area (Å²) in [5.74, 6) is -1.49. The van der Waals surface area contributed by atoms with Crippen molar-refractivity contribution in [1.29, 1.82) is 0 Å². The number of ketones is 1. The minimum atomic E-state index is -1.97. The topological polar surface area (TPSA) is 88.1 Å². The first kappa shape index (κ1) is 27.7. The van der Waals surface area contributed by atoms with Crippen molar-refractivity contribution < 1.29 is 33.0 Å². The maximum Gasteiger partial charge on any atom is 0.346 e. The van der Waals surface area contributed by atoms with Crippen molar-refractivity contribution in [3.05, 3.63) is 24.0 Å². The summed E-state index contributed by atoms with van der Waals surface area (Å²) in [7, 11) is -1.97. The van der Waals surface area contributed by atoms with Crippen LogP contribution < -0.4 is 0 Å². The van der Waals surface area contributed by atoms with Crippen molar-refractivity contribution in [2.45, 2.75) is 97.2 Å². The zero-order valence-corrected chi connectivity index (χ0v) is 23.3. The standard InChI is InChI=1S/C27H42O7Si/c1-9-20-24(34-35(10-2,11-3)12-4)23-18(7)14-27(20)25(32-23)21(26(30)33-27)22(29)17(6)13-16(5)15-31-19(8)28/h9,16-18,20,23-24H,1,10-15H2,2-8H3/t16-,17+,18+,20+,23+,24+,27+/m0/s1. The van der Waals surface area contributed by atoms with Crippen LogP contribution in [-0.4, -0.2) is 50.5 Å². The van der Waals surface area contributed by atoms with E-state index < -0.39 is 25.8 Å². The van der Waals surface area contributed by atoms with E-state index in [0.717, 1.165) is 18.1 Å². The Hall–Kier alpha value is -1.93. The highest BCUT2D eigenvalue weighted by Gasteiger charge is 2.68. The largest absolute Gasteiger partial charge is 0.486 e. The van der Waals surface area contributed by atoms with Crippen molar-refractivity contribution >= 4 is 26.0 Å². The van der Waals surface area contributed by atoms with Gasteiger partial charge in [-0.15, -0.1) is 6.58 Å². The predicted octanol–water partition coefficient (Wildman–Crippen LogP) is 4.96. The van der Waals surface area contributed by atoms with Gasteiger partial charge in [-0.2, -0.15) is 0 Å². The van der Waals surface area contributed by atoms with Gasteiger partial charge in [0.05, 0.1) is 18.6 Å². The molecule has 3 heterocycles.